The average molecular weight is 466 g/mol. The monoisotopic (exact) mass is 466 g/mol. The summed E-state index contributed by atoms with van der Waals surface area (Å²) in [5.41, 5.74) is 6.38. The number of nitrogens with two attached hydrogens (primary N) is 1. The molecule has 7 heteroatoms. The molecule has 0 aromatic carbocycles. The molecule has 0 bridgehead atoms. The molecule has 6 nitrogen and oxygen atoms in total. The van der Waals surface area contributed by atoms with E-state index >= 15 is 0 Å². The molecule has 0 unspecified atom stereocenters. The van der Waals surface area contributed by atoms with Crippen molar-refractivity contribution in [3.63, 3.8) is 0 Å². The first-order valence-corrected chi connectivity index (χ1v) is 9.52. The molecule has 1 aliphatic carbocycles. The van der Waals surface area contributed by atoms with Gasteiger partial charge in [0.2, 0.25) is 0 Å². The van der Waals surface area contributed by atoms with Crippen molar-refractivity contribution in [1.82, 2.24) is 9.80 Å². The number of hydrogen-bond donors (Lipinski definition) is 1. The summed E-state index contributed by atoms with van der Waals surface area (Å²) in [4.78, 5) is 9.65. The summed E-state index contributed by atoms with van der Waals surface area (Å²) in [6, 6.07) is 0. The molecular formula is C18H35IN4O2. The van der Waals surface area contributed by atoms with Crippen molar-refractivity contribution >= 4 is 29.9 Å². The molecular weight excluding hydrogens is 431 g/mol. The van der Waals surface area contributed by atoms with Gasteiger partial charge in [0.1, 0.15) is 0 Å². The van der Waals surface area contributed by atoms with E-state index in [1.807, 2.05) is 0 Å². The Bertz CT molecular complexity index is 446. The van der Waals surface area contributed by atoms with E-state index in [0.29, 0.717) is 5.96 Å². The molecule has 3 fully saturated rings. The lowest BCUT2D eigenvalue weighted by atomic mass is 9.79. The van der Waals surface area contributed by atoms with Gasteiger partial charge in [-0.15, -0.1) is 24.0 Å². The zero-order valence-electron chi connectivity index (χ0n) is 15.8. The predicted octanol–water partition coefficient (Wildman–Crippen LogP) is 2.06. The summed E-state index contributed by atoms with van der Waals surface area (Å²) in [6.07, 6.45) is 6.39. The maximum absolute atomic E-state index is 6.28. The van der Waals surface area contributed by atoms with Crippen molar-refractivity contribution in [3.8, 4) is 0 Å². The van der Waals surface area contributed by atoms with Gasteiger partial charge in [-0.2, -0.15) is 0 Å². The van der Waals surface area contributed by atoms with Crippen molar-refractivity contribution in [1.29, 1.82) is 0 Å². The molecule has 0 aromatic rings. The highest BCUT2D eigenvalue weighted by atomic mass is 127. The molecule has 0 spiro atoms. The van der Waals surface area contributed by atoms with Gasteiger partial charge in [-0.1, -0.05) is 19.3 Å². The highest BCUT2D eigenvalue weighted by Crippen LogP contribution is 2.36. The van der Waals surface area contributed by atoms with Crippen LogP contribution in [0.15, 0.2) is 4.99 Å². The second-order valence-electron chi connectivity index (χ2n) is 8.09. The van der Waals surface area contributed by atoms with Crippen LogP contribution in [0.1, 0.15) is 46.0 Å². The molecule has 2 saturated heterocycles. The third kappa shape index (κ3) is 5.43. The molecule has 0 amide bonds. The van der Waals surface area contributed by atoms with Gasteiger partial charge in [-0.3, -0.25) is 9.89 Å². The zero-order chi connectivity index (χ0) is 17.0. The fourth-order valence-corrected chi connectivity index (χ4v) is 4.33. The van der Waals surface area contributed by atoms with Crippen LogP contribution in [0.4, 0.5) is 0 Å². The number of ether oxygens (including phenoxy) is 2. The normalized spacial score (nSPS) is 27.6. The minimum absolute atomic E-state index is 0. The summed E-state index contributed by atoms with van der Waals surface area (Å²) in [6.45, 7) is 11.2. The van der Waals surface area contributed by atoms with Gasteiger partial charge in [0.25, 0.3) is 0 Å². The first-order chi connectivity index (χ1) is 11.5. The Morgan fingerprint density at radius 3 is 2.36 bits per heavy atom. The van der Waals surface area contributed by atoms with Gasteiger partial charge in [0.05, 0.1) is 32.0 Å². The second kappa shape index (κ2) is 9.19. The minimum Gasteiger partial charge on any atom is -0.378 e. The molecule has 146 valence electrons. The number of nitrogens with zero attached hydrogens (tertiary/aromatic N) is 3. The summed E-state index contributed by atoms with van der Waals surface area (Å²) in [7, 11) is 0. The van der Waals surface area contributed by atoms with E-state index in [9.17, 15) is 0 Å². The van der Waals surface area contributed by atoms with Gasteiger partial charge in [0, 0.05) is 31.7 Å². The van der Waals surface area contributed by atoms with Crippen molar-refractivity contribution in [2.24, 2.45) is 10.7 Å². The van der Waals surface area contributed by atoms with Crippen molar-refractivity contribution in [3.05, 3.63) is 0 Å². The second-order valence-corrected chi connectivity index (χ2v) is 8.09. The first kappa shape index (κ1) is 21.2. The van der Waals surface area contributed by atoms with Crippen LogP contribution in [-0.4, -0.2) is 79.4 Å². The van der Waals surface area contributed by atoms with Gasteiger partial charge >= 0.3 is 0 Å². The van der Waals surface area contributed by atoms with Gasteiger partial charge in [-0.05, 0) is 26.7 Å². The lowest BCUT2D eigenvalue weighted by molar-refractivity contribution is -0.121. The zero-order valence-corrected chi connectivity index (χ0v) is 18.2. The van der Waals surface area contributed by atoms with E-state index < -0.39 is 0 Å². The lowest BCUT2D eigenvalue weighted by Crippen LogP contribution is -2.61. The van der Waals surface area contributed by atoms with Crippen LogP contribution < -0.4 is 5.73 Å². The van der Waals surface area contributed by atoms with E-state index in [1.165, 1.54) is 32.1 Å². The molecule has 1 saturated carbocycles. The number of morpholine rings is 2. The van der Waals surface area contributed by atoms with Crippen LogP contribution in [0.25, 0.3) is 0 Å². The Morgan fingerprint density at radius 1 is 1.04 bits per heavy atom. The third-order valence-electron chi connectivity index (χ3n) is 5.75. The van der Waals surface area contributed by atoms with Crippen LogP contribution in [0.2, 0.25) is 0 Å². The largest absolute Gasteiger partial charge is 0.378 e. The maximum Gasteiger partial charge on any atom is 0.191 e. The Morgan fingerprint density at radius 2 is 1.72 bits per heavy atom. The molecule has 3 rings (SSSR count). The highest BCUT2D eigenvalue weighted by molar-refractivity contribution is 14.0. The summed E-state index contributed by atoms with van der Waals surface area (Å²) < 4.78 is 11.3. The molecule has 2 aliphatic heterocycles. The third-order valence-corrected chi connectivity index (χ3v) is 5.75. The SMILES string of the molecule is CC1(C)CN(C2(CN=C(N)N3CCOCC3)CCCCC2)CCO1.I. The molecule has 3 aliphatic rings. The summed E-state index contributed by atoms with van der Waals surface area (Å²) in [5.74, 6) is 0.691. The Labute approximate surface area is 169 Å². The van der Waals surface area contributed by atoms with Crippen LogP contribution in [0, 0.1) is 0 Å². The lowest BCUT2D eigenvalue weighted by Gasteiger charge is -2.51. The molecule has 0 aromatic heterocycles. The van der Waals surface area contributed by atoms with Crippen molar-refractivity contribution in [2.75, 3.05) is 52.5 Å². The standard InChI is InChI=1S/C18H34N4O2.HI/c1-17(2)15-22(10-13-24-17)18(6-4-3-5-7-18)14-20-16(19)21-8-11-23-12-9-21;/h3-15H2,1-2H3,(H2,19,20);1H. The summed E-state index contributed by atoms with van der Waals surface area (Å²) in [5, 5.41) is 0. The topological polar surface area (TPSA) is 63.3 Å². The fourth-order valence-electron chi connectivity index (χ4n) is 4.33. The van der Waals surface area contributed by atoms with Crippen LogP contribution in [0.5, 0.6) is 0 Å². The number of aliphatic imine (C=N–C) groups is 1. The maximum atomic E-state index is 6.28. The number of halogens is 1. The van der Waals surface area contributed by atoms with E-state index in [4.69, 9.17) is 20.2 Å². The Hall–Kier alpha value is -0.120. The predicted molar refractivity (Wildman–Crippen MR) is 112 cm³/mol. The van der Waals surface area contributed by atoms with Gasteiger partial charge in [0.15, 0.2) is 5.96 Å². The van der Waals surface area contributed by atoms with Gasteiger partial charge in [-0.25, -0.2) is 0 Å². The smallest absolute Gasteiger partial charge is 0.191 e. The quantitative estimate of drug-likeness (QED) is 0.392. The molecule has 25 heavy (non-hydrogen) atoms. The molecule has 2 heterocycles. The van der Waals surface area contributed by atoms with Crippen LogP contribution in [0.3, 0.4) is 0 Å². The number of rotatable bonds is 3. The number of hydrogen-bond acceptors (Lipinski definition) is 4. The van der Waals surface area contributed by atoms with Crippen molar-refractivity contribution in [2.45, 2.75) is 57.1 Å². The fraction of sp³-hybridized carbons (Fsp3) is 0.944. The number of guanidine groups is 1. The van der Waals surface area contributed by atoms with Crippen molar-refractivity contribution < 1.29 is 9.47 Å². The van der Waals surface area contributed by atoms with E-state index in [0.717, 1.165) is 52.5 Å². The minimum atomic E-state index is -0.0673. The van der Waals surface area contributed by atoms with Crippen LogP contribution >= 0.6 is 24.0 Å². The highest BCUT2D eigenvalue weighted by Gasteiger charge is 2.42. The van der Waals surface area contributed by atoms with E-state index in [2.05, 4.69) is 23.6 Å². The van der Waals surface area contributed by atoms with Gasteiger partial charge < -0.3 is 20.1 Å². The summed E-state index contributed by atoms with van der Waals surface area (Å²) >= 11 is 0. The van der Waals surface area contributed by atoms with Crippen LogP contribution in [-0.2, 0) is 9.47 Å². The van der Waals surface area contributed by atoms with E-state index in [1.54, 1.807) is 0 Å². The Kier molecular flexibility index (Phi) is 7.79. The first-order valence-electron chi connectivity index (χ1n) is 9.52. The Balaban J connectivity index is 0.00000225. The average Bonchev–Trinajstić information content (AvgIpc) is 2.60. The molecule has 0 atom stereocenters. The van der Waals surface area contributed by atoms with E-state index in [-0.39, 0.29) is 35.1 Å². The molecule has 2 N–H and O–H groups in total. The molecule has 0 radical (unpaired) electrons.